The molecular weight excluding hydrogens is 208 g/mol. The quantitative estimate of drug-likeness (QED) is 0.413. The average Bonchev–Trinajstić information content (AvgIpc) is 2.10. The Labute approximate surface area is 94.2 Å². The molecule has 4 heteroatoms. The molecule has 0 bridgehead atoms. The van der Waals surface area contributed by atoms with Crippen molar-refractivity contribution in [3.8, 4) is 0 Å². The third-order valence-corrected chi connectivity index (χ3v) is 4.08. The summed E-state index contributed by atoms with van der Waals surface area (Å²) < 4.78 is 11.0. The fraction of sp³-hybridized carbons (Fsp3) is 0.727. The van der Waals surface area contributed by atoms with Crippen molar-refractivity contribution in [1.82, 2.24) is 0 Å². The molecule has 0 aromatic heterocycles. The Hall–Kier alpha value is -0.613. The highest BCUT2D eigenvalue weighted by Crippen LogP contribution is 2.14. The van der Waals surface area contributed by atoms with Crippen LogP contribution in [0.25, 0.3) is 0 Å². The van der Waals surface area contributed by atoms with Crippen LogP contribution in [0.15, 0.2) is 12.7 Å². The second-order valence-electron chi connectivity index (χ2n) is 4.36. The van der Waals surface area contributed by atoms with Crippen LogP contribution in [0.4, 0.5) is 0 Å². The van der Waals surface area contributed by atoms with Gasteiger partial charge in [-0.1, -0.05) is 13.5 Å². The van der Waals surface area contributed by atoms with Gasteiger partial charge in [0.2, 0.25) is 0 Å². The minimum absolute atomic E-state index is 0.111. The van der Waals surface area contributed by atoms with E-state index in [9.17, 15) is 4.79 Å². The number of hydrogen-bond donors (Lipinski definition) is 0. The summed E-state index contributed by atoms with van der Waals surface area (Å²) in [6, 6.07) is 0. The smallest absolute Gasteiger partial charge is 0.330 e. The van der Waals surface area contributed by atoms with Crippen LogP contribution in [0, 0.1) is 0 Å². The Bertz CT molecular complexity index is 220. The first-order valence-electron chi connectivity index (χ1n) is 5.15. The Kier molecular flexibility index (Phi) is 5.83. The lowest BCUT2D eigenvalue weighted by Crippen LogP contribution is -2.40. The third-order valence-electron chi connectivity index (χ3n) is 1.72. The first kappa shape index (κ1) is 14.4. The summed E-state index contributed by atoms with van der Waals surface area (Å²) in [6.07, 6.45) is 1.97. The molecule has 0 spiro atoms. The van der Waals surface area contributed by atoms with Gasteiger partial charge < -0.3 is 9.16 Å². The Balaban J connectivity index is 4.27. The molecule has 1 radical (unpaired) electrons. The maximum Gasteiger partial charge on any atom is 0.330 e. The van der Waals surface area contributed by atoms with Gasteiger partial charge in [0.1, 0.15) is 5.73 Å². The molecule has 0 fully saturated rings. The lowest BCUT2D eigenvalue weighted by molar-refractivity contribution is -0.140. The molecule has 0 rings (SSSR count). The van der Waals surface area contributed by atoms with Crippen LogP contribution in [-0.4, -0.2) is 26.3 Å². The molecule has 87 valence electrons. The van der Waals surface area contributed by atoms with Crippen LogP contribution in [0.3, 0.4) is 0 Å². The normalized spacial score (nSPS) is 13.7. The van der Waals surface area contributed by atoms with Crippen LogP contribution >= 0.6 is 0 Å². The number of ether oxygens (including phenoxy) is 1. The van der Waals surface area contributed by atoms with E-state index in [1.807, 2.05) is 34.2 Å². The monoisotopic (exact) mass is 229 g/mol. The molecule has 0 saturated carbocycles. The van der Waals surface area contributed by atoms with Crippen molar-refractivity contribution in [1.29, 1.82) is 0 Å². The Morgan fingerprint density at radius 3 is 2.40 bits per heavy atom. The lowest BCUT2D eigenvalue weighted by atomic mass is 10.2. The van der Waals surface area contributed by atoms with Gasteiger partial charge in [-0.2, -0.15) is 0 Å². The van der Waals surface area contributed by atoms with E-state index in [2.05, 4.69) is 6.58 Å². The topological polar surface area (TPSA) is 35.5 Å². The van der Waals surface area contributed by atoms with Gasteiger partial charge in [-0.3, -0.25) is 0 Å². The van der Waals surface area contributed by atoms with Gasteiger partial charge in [-0.15, -0.1) is 0 Å². The molecule has 1 atom stereocenters. The van der Waals surface area contributed by atoms with E-state index in [1.165, 1.54) is 6.08 Å². The number of rotatable bonds is 5. The maximum absolute atomic E-state index is 11.1. The van der Waals surface area contributed by atoms with E-state index in [0.29, 0.717) is 0 Å². The Morgan fingerprint density at radius 1 is 1.53 bits per heavy atom. The highest BCUT2D eigenvalue weighted by atomic mass is 28.3. The van der Waals surface area contributed by atoms with Crippen LogP contribution in [-0.2, 0) is 14.0 Å². The zero-order valence-corrected chi connectivity index (χ0v) is 11.3. The lowest BCUT2D eigenvalue weighted by Gasteiger charge is -2.28. The molecule has 0 aromatic rings. The van der Waals surface area contributed by atoms with Gasteiger partial charge >= 0.3 is 5.97 Å². The summed E-state index contributed by atoms with van der Waals surface area (Å²) >= 11 is 0. The maximum atomic E-state index is 11.1. The minimum Gasteiger partial charge on any atom is -0.460 e. The average molecular weight is 229 g/mol. The molecule has 0 N–H and O–H groups in total. The van der Waals surface area contributed by atoms with Gasteiger partial charge in [-0.05, 0) is 33.7 Å². The molecule has 3 nitrogen and oxygen atoms in total. The SMILES string of the molecule is C=CC(=O)OC(CC)[Si](C)OC(C)(C)C. The standard InChI is InChI=1S/C11H21O3Si/c1-7-9(12)13-10(8-2)15(6)14-11(3,4)5/h7,10H,1,8H2,2-6H3. The molecule has 15 heavy (non-hydrogen) atoms. The molecule has 0 amide bonds. The third kappa shape index (κ3) is 6.46. The number of esters is 1. The fourth-order valence-corrected chi connectivity index (χ4v) is 3.15. The van der Waals surface area contributed by atoms with E-state index >= 15 is 0 Å². The van der Waals surface area contributed by atoms with Crippen molar-refractivity contribution in [3.63, 3.8) is 0 Å². The molecule has 0 aromatic carbocycles. The molecule has 0 aliphatic carbocycles. The van der Waals surface area contributed by atoms with Gasteiger partial charge in [0.15, 0.2) is 0 Å². The first-order valence-corrected chi connectivity index (χ1v) is 7.14. The van der Waals surface area contributed by atoms with Gasteiger partial charge in [0.25, 0.3) is 9.04 Å². The second kappa shape index (κ2) is 6.08. The number of hydrogen-bond acceptors (Lipinski definition) is 3. The van der Waals surface area contributed by atoms with Crippen molar-refractivity contribution in [2.75, 3.05) is 0 Å². The molecular formula is C11H21O3Si. The highest BCUT2D eigenvalue weighted by Gasteiger charge is 2.27. The summed E-state index contributed by atoms with van der Waals surface area (Å²) in [5, 5.41) is 0. The first-order chi connectivity index (χ1) is 6.80. The van der Waals surface area contributed by atoms with Crippen molar-refractivity contribution in [2.24, 2.45) is 0 Å². The van der Waals surface area contributed by atoms with E-state index in [-0.39, 0.29) is 17.3 Å². The van der Waals surface area contributed by atoms with Crippen molar-refractivity contribution < 1.29 is 14.0 Å². The van der Waals surface area contributed by atoms with Gasteiger partial charge in [0, 0.05) is 11.7 Å². The van der Waals surface area contributed by atoms with Gasteiger partial charge in [-0.25, -0.2) is 4.79 Å². The number of carbonyl (C=O) groups excluding carboxylic acids is 1. The Morgan fingerprint density at radius 2 is 2.07 bits per heavy atom. The second-order valence-corrected chi connectivity index (χ2v) is 6.43. The summed E-state index contributed by atoms with van der Waals surface area (Å²) in [5.41, 5.74) is -0.295. The number of carbonyl (C=O) groups is 1. The molecule has 0 heterocycles. The van der Waals surface area contributed by atoms with Crippen molar-refractivity contribution in [2.45, 2.75) is 52.0 Å². The predicted molar refractivity (Wildman–Crippen MR) is 62.8 cm³/mol. The van der Waals surface area contributed by atoms with E-state index in [1.54, 1.807) is 0 Å². The molecule has 0 aliphatic heterocycles. The zero-order chi connectivity index (χ0) is 12.1. The summed E-state index contributed by atoms with van der Waals surface area (Å²) in [5.74, 6) is -0.372. The predicted octanol–water partition coefficient (Wildman–Crippen LogP) is 2.47. The van der Waals surface area contributed by atoms with Crippen LogP contribution < -0.4 is 0 Å². The van der Waals surface area contributed by atoms with E-state index in [0.717, 1.165) is 6.42 Å². The van der Waals surface area contributed by atoms with Crippen molar-refractivity contribution >= 4 is 15.0 Å². The zero-order valence-electron chi connectivity index (χ0n) is 10.3. The van der Waals surface area contributed by atoms with Crippen LogP contribution in [0.5, 0.6) is 0 Å². The summed E-state index contributed by atoms with van der Waals surface area (Å²) in [4.78, 5) is 11.1. The van der Waals surface area contributed by atoms with E-state index < -0.39 is 9.04 Å². The van der Waals surface area contributed by atoms with Crippen molar-refractivity contribution in [3.05, 3.63) is 12.7 Å². The molecule has 0 aliphatic rings. The van der Waals surface area contributed by atoms with Gasteiger partial charge in [0.05, 0.1) is 0 Å². The summed E-state index contributed by atoms with van der Waals surface area (Å²) in [6.45, 7) is 13.4. The highest BCUT2D eigenvalue weighted by molar-refractivity contribution is 6.52. The molecule has 1 unspecified atom stereocenters. The van der Waals surface area contributed by atoms with Crippen LogP contribution in [0.1, 0.15) is 34.1 Å². The van der Waals surface area contributed by atoms with E-state index in [4.69, 9.17) is 9.16 Å². The summed E-state index contributed by atoms with van der Waals surface area (Å²) in [7, 11) is -1.13. The fourth-order valence-electron chi connectivity index (χ4n) is 1.19. The van der Waals surface area contributed by atoms with Crippen LogP contribution in [0.2, 0.25) is 6.55 Å². The minimum atomic E-state index is -1.13. The largest absolute Gasteiger partial charge is 0.460 e. The molecule has 0 saturated heterocycles.